The summed E-state index contributed by atoms with van der Waals surface area (Å²) in [6.45, 7) is 4.02. The van der Waals surface area contributed by atoms with E-state index in [0.717, 1.165) is 12.1 Å². The fourth-order valence-electron chi connectivity index (χ4n) is 6.53. The van der Waals surface area contributed by atoms with Crippen LogP contribution in [0.2, 0.25) is 0 Å². The van der Waals surface area contributed by atoms with Crippen LogP contribution in [0.15, 0.2) is 48.7 Å². The van der Waals surface area contributed by atoms with Gasteiger partial charge in [0.15, 0.2) is 0 Å². The Balaban J connectivity index is 1.47. The largest absolute Gasteiger partial charge is 0.416 e. The van der Waals surface area contributed by atoms with Gasteiger partial charge in [0, 0.05) is 68.6 Å². The van der Waals surface area contributed by atoms with Crippen molar-refractivity contribution >= 4 is 28.6 Å². The first-order valence-corrected chi connectivity index (χ1v) is 14.8. The molecule has 3 aromatic rings. The summed E-state index contributed by atoms with van der Waals surface area (Å²) in [6.07, 6.45) is -2.48. The van der Waals surface area contributed by atoms with Gasteiger partial charge in [-0.1, -0.05) is 32.0 Å². The monoisotopic (exact) mass is 628 g/mol. The number of piperidine rings is 2. The number of hydrogen-bond acceptors (Lipinski definition) is 6. The number of pyridine rings is 1. The Morgan fingerprint density at radius 2 is 1.84 bits per heavy atom. The summed E-state index contributed by atoms with van der Waals surface area (Å²) in [7, 11) is 3.21. The average Bonchev–Trinajstić information content (AvgIpc) is 2.97. The first-order valence-electron chi connectivity index (χ1n) is 14.8. The molecule has 3 amide bonds. The zero-order chi connectivity index (χ0) is 32.9. The van der Waals surface area contributed by atoms with Gasteiger partial charge in [0.05, 0.1) is 22.6 Å². The molecule has 45 heavy (non-hydrogen) atoms. The van der Waals surface area contributed by atoms with E-state index < -0.39 is 46.4 Å². The number of nitrogens with zero attached hydrogens (tertiary/aromatic N) is 3. The zero-order valence-corrected chi connectivity index (χ0v) is 25.5. The Morgan fingerprint density at radius 3 is 2.44 bits per heavy atom. The van der Waals surface area contributed by atoms with Gasteiger partial charge in [-0.05, 0) is 48.2 Å². The lowest BCUT2D eigenvalue weighted by Crippen LogP contribution is -2.56. The van der Waals surface area contributed by atoms with Crippen molar-refractivity contribution in [2.75, 3.05) is 27.2 Å². The highest BCUT2D eigenvalue weighted by Gasteiger charge is 2.51. The van der Waals surface area contributed by atoms with E-state index in [2.05, 4.69) is 10.3 Å². The molecule has 1 aromatic heterocycles. The minimum atomic E-state index is -4.50. The molecular formula is C33H36F4N4O4. The van der Waals surface area contributed by atoms with Crippen molar-refractivity contribution in [2.24, 2.45) is 5.41 Å². The third kappa shape index (κ3) is 6.17. The third-order valence-electron chi connectivity index (χ3n) is 9.32. The van der Waals surface area contributed by atoms with Crippen molar-refractivity contribution in [2.45, 2.75) is 63.3 Å². The van der Waals surface area contributed by atoms with E-state index in [1.54, 1.807) is 40.1 Å². The number of halogens is 4. The molecule has 0 saturated carbocycles. The molecule has 3 unspecified atom stereocenters. The summed E-state index contributed by atoms with van der Waals surface area (Å²) in [5, 5.41) is 14.6. The molecule has 2 aromatic carbocycles. The molecule has 5 rings (SSSR count). The van der Waals surface area contributed by atoms with Crippen LogP contribution in [-0.2, 0) is 26.2 Å². The van der Waals surface area contributed by atoms with Crippen LogP contribution in [-0.4, -0.2) is 64.8 Å². The molecule has 0 bridgehead atoms. The molecule has 0 aliphatic carbocycles. The molecule has 8 nitrogen and oxygen atoms in total. The number of likely N-dealkylation sites (tertiary alicyclic amines) is 1. The van der Waals surface area contributed by atoms with Gasteiger partial charge in [-0.3, -0.25) is 29.6 Å². The fourth-order valence-corrected chi connectivity index (χ4v) is 6.53. The number of rotatable bonds is 6. The molecule has 0 spiro atoms. The lowest BCUT2D eigenvalue weighted by molar-refractivity contribution is -0.141. The molecule has 2 N–H and O–H groups in total. The van der Waals surface area contributed by atoms with Crippen LogP contribution in [0.4, 0.5) is 17.6 Å². The quantitative estimate of drug-likeness (QED) is 0.293. The van der Waals surface area contributed by atoms with Crippen LogP contribution in [0.5, 0.6) is 0 Å². The maximum Gasteiger partial charge on any atom is 0.416 e. The van der Waals surface area contributed by atoms with Crippen LogP contribution in [0.1, 0.15) is 73.7 Å². The Hall–Kier alpha value is -3.90. The van der Waals surface area contributed by atoms with Crippen LogP contribution in [0, 0.1) is 11.2 Å². The number of alkyl halides is 3. The number of fused-ring (bicyclic) bond motifs is 1. The van der Waals surface area contributed by atoms with Crippen LogP contribution in [0.25, 0.3) is 10.9 Å². The molecule has 2 aliphatic heterocycles. The predicted octanol–water partition coefficient (Wildman–Crippen LogP) is 5.05. The Kier molecular flexibility index (Phi) is 8.52. The van der Waals surface area contributed by atoms with Crippen molar-refractivity contribution in [3.8, 4) is 0 Å². The maximum absolute atomic E-state index is 16.4. The van der Waals surface area contributed by atoms with E-state index in [-0.39, 0.29) is 61.5 Å². The average molecular weight is 629 g/mol. The van der Waals surface area contributed by atoms with Gasteiger partial charge in [-0.25, -0.2) is 4.39 Å². The lowest BCUT2D eigenvalue weighted by atomic mass is 9.65. The van der Waals surface area contributed by atoms with Crippen molar-refractivity contribution in [3.05, 3.63) is 76.7 Å². The number of aromatic nitrogens is 1. The molecule has 2 aliphatic rings. The standard InChI is InChI=1S/C33H36F4N4O4/c1-31(2)18-41(26(16-28(43)40(3)4)19-5-7-21(8-6-19)33(35,36)37)14-13-32(31,45)24-10-11-25-23(29(24)34)15-20(17-38-25)22-9-12-27(42)39-30(22)44/h5-8,10-11,15,17,22,26,45H,9,12-14,16,18H2,1-4H3,(H,39,42,44). The number of benzene rings is 2. The highest BCUT2D eigenvalue weighted by molar-refractivity contribution is 6.01. The van der Waals surface area contributed by atoms with Gasteiger partial charge in [0.2, 0.25) is 17.7 Å². The summed E-state index contributed by atoms with van der Waals surface area (Å²) in [4.78, 5) is 44.6. The number of carbonyl (C=O) groups is 3. The highest BCUT2D eigenvalue weighted by Crippen LogP contribution is 2.49. The fraction of sp³-hybridized carbons (Fsp3) is 0.455. The molecule has 240 valence electrons. The number of amides is 3. The molecule has 3 atom stereocenters. The van der Waals surface area contributed by atoms with Crippen molar-refractivity contribution in [1.29, 1.82) is 0 Å². The van der Waals surface area contributed by atoms with Gasteiger partial charge in [0.25, 0.3) is 0 Å². The number of nitrogens with one attached hydrogen (secondary N) is 1. The minimum absolute atomic E-state index is 0.00595. The summed E-state index contributed by atoms with van der Waals surface area (Å²) in [5.41, 5.74) is -2.01. The van der Waals surface area contributed by atoms with Crippen LogP contribution >= 0.6 is 0 Å². The van der Waals surface area contributed by atoms with Gasteiger partial charge >= 0.3 is 6.18 Å². The molecule has 2 saturated heterocycles. The van der Waals surface area contributed by atoms with Crippen molar-refractivity contribution in [1.82, 2.24) is 20.1 Å². The van der Waals surface area contributed by atoms with Gasteiger partial charge < -0.3 is 10.0 Å². The summed E-state index contributed by atoms with van der Waals surface area (Å²) >= 11 is 0. The molecule has 3 heterocycles. The van der Waals surface area contributed by atoms with E-state index in [1.165, 1.54) is 29.3 Å². The van der Waals surface area contributed by atoms with E-state index >= 15 is 4.39 Å². The third-order valence-corrected chi connectivity index (χ3v) is 9.32. The molecule has 0 radical (unpaired) electrons. The first-order chi connectivity index (χ1) is 21.0. The second kappa shape index (κ2) is 11.8. The number of imide groups is 1. The maximum atomic E-state index is 16.4. The molecular weight excluding hydrogens is 592 g/mol. The Morgan fingerprint density at radius 1 is 1.16 bits per heavy atom. The second-order valence-electron chi connectivity index (χ2n) is 12.9. The Bertz CT molecular complexity index is 1640. The molecule has 12 heteroatoms. The van der Waals surface area contributed by atoms with Crippen LogP contribution in [0.3, 0.4) is 0 Å². The van der Waals surface area contributed by atoms with Gasteiger partial charge in [0.1, 0.15) is 5.82 Å². The summed E-state index contributed by atoms with van der Waals surface area (Å²) in [5.74, 6) is -2.36. The molecule has 2 fully saturated rings. The lowest BCUT2D eigenvalue weighted by Gasteiger charge is -2.52. The van der Waals surface area contributed by atoms with E-state index in [9.17, 15) is 32.7 Å². The number of hydrogen-bond donors (Lipinski definition) is 2. The summed E-state index contributed by atoms with van der Waals surface area (Å²) < 4.78 is 56.1. The second-order valence-corrected chi connectivity index (χ2v) is 12.9. The Labute approximate surface area is 258 Å². The van der Waals surface area contributed by atoms with Crippen molar-refractivity contribution < 1.29 is 37.1 Å². The number of aliphatic hydroxyl groups is 1. The van der Waals surface area contributed by atoms with E-state index in [0.29, 0.717) is 16.6 Å². The van der Waals surface area contributed by atoms with Gasteiger partial charge in [-0.2, -0.15) is 13.2 Å². The van der Waals surface area contributed by atoms with Crippen molar-refractivity contribution in [3.63, 3.8) is 0 Å². The zero-order valence-electron chi connectivity index (χ0n) is 25.5. The predicted molar refractivity (Wildman–Crippen MR) is 158 cm³/mol. The van der Waals surface area contributed by atoms with Crippen LogP contribution < -0.4 is 5.32 Å². The minimum Gasteiger partial charge on any atom is -0.384 e. The highest BCUT2D eigenvalue weighted by atomic mass is 19.4. The SMILES string of the molecule is CN(C)C(=O)CC(c1ccc(C(F)(F)F)cc1)N1CCC(O)(c2ccc3ncc(C4CCC(=O)NC4=O)cc3c2F)C(C)(C)C1. The summed E-state index contributed by atoms with van der Waals surface area (Å²) in [6, 6.07) is 8.83. The smallest absolute Gasteiger partial charge is 0.384 e. The van der Waals surface area contributed by atoms with E-state index in [4.69, 9.17) is 0 Å². The van der Waals surface area contributed by atoms with E-state index in [1.807, 2.05) is 4.90 Å². The normalized spacial score (nSPS) is 23.1. The first kappa shape index (κ1) is 32.5. The topological polar surface area (TPSA) is 103 Å². The number of carbonyl (C=O) groups excluding carboxylic acids is 3. The van der Waals surface area contributed by atoms with Gasteiger partial charge in [-0.15, -0.1) is 0 Å².